The number of ether oxygens (including phenoxy) is 1. The van der Waals surface area contributed by atoms with Crippen molar-refractivity contribution in [2.24, 2.45) is 0 Å². The molecule has 1 aromatic carbocycles. The van der Waals surface area contributed by atoms with Gasteiger partial charge in [-0.05, 0) is 23.8 Å². The molecule has 0 aliphatic carbocycles. The summed E-state index contributed by atoms with van der Waals surface area (Å²) in [7, 11) is 0. The SMILES string of the molecule is O=COCCc1[nH]c(C(F)(F)F)cc1-c1ccc(Cl)cc1. The molecule has 2 rings (SSSR count). The van der Waals surface area contributed by atoms with Crippen LogP contribution in [0, 0.1) is 0 Å². The van der Waals surface area contributed by atoms with E-state index in [1.807, 2.05) is 0 Å². The number of hydrogen-bond acceptors (Lipinski definition) is 2. The van der Waals surface area contributed by atoms with Crippen LogP contribution in [0.4, 0.5) is 13.2 Å². The number of carbonyl (C=O) groups excluding carboxylic acids is 1. The average molecular weight is 318 g/mol. The lowest BCUT2D eigenvalue weighted by molar-refractivity contribution is -0.141. The molecule has 0 unspecified atom stereocenters. The Balaban J connectivity index is 2.38. The summed E-state index contributed by atoms with van der Waals surface area (Å²) < 4.78 is 43.0. The zero-order valence-corrected chi connectivity index (χ0v) is 11.5. The van der Waals surface area contributed by atoms with E-state index in [1.165, 1.54) is 0 Å². The number of halogens is 4. The monoisotopic (exact) mass is 317 g/mol. The molecule has 0 radical (unpaired) electrons. The Labute approximate surface area is 123 Å². The van der Waals surface area contributed by atoms with Crippen LogP contribution in [0.15, 0.2) is 30.3 Å². The number of aromatic amines is 1. The maximum Gasteiger partial charge on any atom is 0.431 e. The molecule has 0 spiro atoms. The fourth-order valence-corrected chi connectivity index (χ4v) is 2.07. The first-order chi connectivity index (χ1) is 9.91. The molecule has 0 fully saturated rings. The average Bonchev–Trinajstić information content (AvgIpc) is 2.84. The van der Waals surface area contributed by atoms with Crippen molar-refractivity contribution in [1.82, 2.24) is 4.98 Å². The fraction of sp³-hybridized carbons (Fsp3) is 0.214. The molecule has 0 atom stereocenters. The number of H-pyrrole nitrogens is 1. The van der Waals surface area contributed by atoms with Crippen LogP contribution in [0.3, 0.4) is 0 Å². The molecule has 1 N–H and O–H groups in total. The van der Waals surface area contributed by atoms with Crippen LogP contribution < -0.4 is 0 Å². The second-order valence-corrected chi connectivity index (χ2v) is 4.73. The molecule has 21 heavy (non-hydrogen) atoms. The summed E-state index contributed by atoms with van der Waals surface area (Å²) >= 11 is 5.77. The maximum atomic E-state index is 12.8. The molecule has 0 bridgehead atoms. The van der Waals surface area contributed by atoms with Crippen molar-refractivity contribution in [3.05, 3.63) is 46.7 Å². The van der Waals surface area contributed by atoms with Gasteiger partial charge in [0, 0.05) is 22.7 Å². The van der Waals surface area contributed by atoms with E-state index in [0.717, 1.165) is 6.07 Å². The number of alkyl halides is 3. The van der Waals surface area contributed by atoms with Gasteiger partial charge < -0.3 is 9.72 Å². The van der Waals surface area contributed by atoms with Crippen molar-refractivity contribution in [3.63, 3.8) is 0 Å². The molecule has 1 aromatic heterocycles. The topological polar surface area (TPSA) is 42.1 Å². The van der Waals surface area contributed by atoms with Crippen molar-refractivity contribution < 1.29 is 22.7 Å². The third-order valence-electron chi connectivity index (χ3n) is 2.90. The van der Waals surface area contributed by atoms with Crippen molar-refractivity contribution in [2.45, 2.75) is 12.6 Å². The van der Waals surface area contributed by atoms with E-state index in [4.69, 9.17) is 11.6 Å². The molecule has 1 heterocycles. The molecule has 0 saturated heterocycles. The molecular formula is C14H11ClF3NO2. The van der Waals surface area contributed by atoms with Crippen LogP contribution in [0.5, 0.6) is 0 Å². The van der Waals surface area contributed by atoms with Gasteiger partial charge in [-0.25, -0.2) is 0 Å². The molecule has 0 saturated carbocycles. The molecule has 3 nitrogen and oxygen atoms in total. The molecule has 0 aliphatic heterocycles. The van der Waals surface area contributed by atoms with E-state index in [-0.39, 0.29) is 19.5 Å². The predicted molar refractivity (Wildman–Crippen MR) is 72.0 cm³/mol. The smallest absolute Gasteiger partial charge is 0.431 e. The second kappa shape index (κ2) is 6.22. The Morgan fingerprint density at radius 1 is 1.24 bits per heavy atom. The molecule has 2 aromatic rings. The van der Waals surface area contributed by atoms with Gasteiger partial charge in [-0.3, -0.25) is 4.79 Å². The summed E-state index contributed by atoms with van der Waals surface area (Å²) in [6, 6.07) is 7.51. The fourth-order valence-electron chi connectivity index (χ4n) is 1.94. The number of rotatable bonds is 5. The van der Waals surface area contributed by atoms with Crippen LogP contribution in [0.25, 0.3) is 11.1 Å². The number of nitrogens with one attached hydrogen (secondary N) is 1. The minimum atomic E-state index is -4.47. The minimum Gasteiger partial charge on any atom is -0.467 e. The zero-order valence-electron chi connectivity index (χ0n) is 10.7. The van der Waals surface area contributed by atoms with Crippen molar-refractivity contribution in [1.29, 1.82) is 0 Å². The van der Waals surface area contributed by atoms with Gasteiger partial charge in [0.15, 0.2) is 0 Å². The predicted octanol–water partition coefficient (Wildman–Crippen LogP) is 4.07. The van der Waals surface area contributed by atoms with Gasteiger partial charge in [0.25, 0.3) is 6.47 Å². The summed E-state index contributed by atoms with van der Waals surface area (Å²) in [6.45, 7) is 0.261. The number of benzene rings is 1. The summed E-state index contributed by atoms with van der Waals surface area (Å²) in [4.78, 5) is 12.5. The van der Waals surface area contributed by atoms with Crippen LogP contribution in [-0.2, 0) is 22.1 Å². The Kier molecular flexibility index (Phi) is 4.57. The molecular weight excluding hydrogens is 307 g/mol. The van der Waals surface area contributed by atoms with E-state index in [1.54, 1.807) is 24.3 Å². The highest BCUT2D eigenvalue weighted by atomic mass is 35.5. The van der Waals surface area contributed by atoms with Crippen molar-refractivity contribution in [2.75, 3.05) is 6.61 Å². The lowest BCUT2D eigenvalue weighted by Gasteiger charge is -2.04. The van der Waals surface area contributed by atoms with Gasteiger partial charge in [-0.1, -0.05) is 23.7 Å². The highest BCUT2D eigenvalue weighted by molar-refractivity contribution is 6.30. The first-order valence-corrected chi connectivity index (χ1v) is 6.40. The van der Waals surface area contributed by atoms with Gasteiger partial charge in [-0.2, -0.15) is 13.2 Å². The lowest BCUT2D eigenvalue weighted by atomic mass is 10.0. The highest BCUT2D eigenvalue weighted by Crippen LogP contribution is 2.34. The minimum absolute atomic E-state index is 0.00189. The van der Waals surface area contributed by atoms with Crippen LogP contribution in [-0.4, -0.2) is 18.1 Å². The Hall–Kier alpha value is -1.95. The number of carbonyl (C=O) groups is 1. The molecule has 7 heteroatoms. The standard InChI is InChI=1S/C14H11ClF3NO2/c15-10-3-1-9(2-4-10)11-7-13(14(16,17)18)19-12(11)5-6-21-8-20/h1-4,7-8,19H,5-6H2. The highest BCUT2D eigenvalue weighted by Gasteiger charge is 2.33. The van der Waals surface area contributed by atoms with E-state index in [2.05, 4.69) is 9.72 Å². The van der Waals surface area contributed by atoms with E-state index >= 15 is 0 Å². The van der Waals surface area contributed by atoms with E-state index in [0.29, 0.717) is 21.8 Å². The first kappa shape index (κ1) is 15.4. The first-order valence-electron chi connectivity index (χ1n) is 6.02. The normalized spacial score (nSPS) is 11.4. The summed E-state index contributed by atoms with van der Waals surface area (Å²) in [5.74, 6) is 0. The van der Waals surface area contributed by atoms with Gasteiger partial charge in [-0.15, -0.1) is 0 Å². The molecule has 0 aliphatic rings. The van der Waals surface area contributed by atoms with Crippen LogP contribution >= 0.6 is 11.6 Å². The van der Waals surface area contributed by atoms with Gasteiger partial charge >= 0.3 is 6.18 Å². The number of aromatic nitrogens is 1. The summed E-state index contributed by atoms with van der Waals surface area (Å²) in [5.41, 5.74) is 0.529. The Morgan fingerprint density at radius 2 is 1.90 bits per heavy atom. The third kappa shape index (κ3) is 3.78. The van der Waals surface area contributed by atoms with Crippen LogP contribution in [0.2, 0.25) is 5.02 Å². The maximum absolute atomic E-state index is 12.8. The van der Waals surface area contributed by atoms with Crippen molar-refractivity contribution >= 4 is 18.1 Å². The Bertz CT molecular complexity index is 620. The Morgan fingerprint density at radius 3 is 2.48 bits per heavy atom. The zero-order chi connectivity index (χ0) is 15.5. The van der Waals surface area contributed by atoms with Crippen LogP contribution in [0.1, 0.15) is 11.4 Å². The second-order valence-electron chi connectivity index (χ2n) is 4.30. The third-order valence-corrected chi connectivity index (χ3v) is 3.15. The summed E-state index contributed by atoms with van der Waals surface area (Å²) in [5, 5.41) is 0.496. The van der Waals surface area contributed by atoms with E-state index in [9.17, 15) is 18.0 Å². The summed E-state index contributed by atoms with van der Waals surface area (Å²) in [6.07, 6.45) is -4.31. The van der Waals surface area contributed by atoms with Gasteiger partial charge in [0.05, 0.1) is 6.61 Å². The molecule has 112 valence electrons. The van der Waals surface area contributed by atoms with Crippen molar-refractivity contribution in [3.8, 4) is 11.1 Å². The van der Waals surface area contributed by atoms with Gasteiger partial charge in [0.1, 0.15) is 5.69 Å². The molecule has 0 amide bonds. The number of hydrogen-bond donors (Lipinski definition) is 1. The quantitative estimate of drug-likeness (QED) is 0.667. The van der Waals surface area contributed by atoms with E-state index < -0.39 is 11.9 Å². The lowest BCUT2D eigenvalue weighted by Crippen LogP contribution is -2.05. The largest absolute Gasteiger partial charge is 0.467 e. The van der Waals surface area contributed by atoms with Gasteiger partial charge in [0.2, 0.25) is 0 Å².